The Labute approximate surface area is 185 Å². The number of rotatable bonds is 5. The number of halogens is 1. The van der Waals surface area contributed by atoms with Crippen LogP contribution in [0, 0.1) is 0 Å². The van der Waals surface area contributed by atoms with Gasteiger partial charge in [0.15, 0.2) is 0 Å². The molecule has 6 heteroatoms. The minimum absolute atomic E-state index is 0.0346. The molecule has 5 nitrogen and oxygen atoms in total. The van der Waals surface area contributed by atoms with Gasteiger partial charge in [-0.1, -0.05) is 54.1 Å². The zero-order valence-electron chi connectivity index (χ0n) is 16.8. The highest BCUT2D eigenvalue weighted by atomic mass is 35.5. The van der Waals surface area contributed by atoms with Gasteiger partial charge in [-0.05, 0) is 48.9 Å². The lowest BCUT2D eigenvalue weighted by molar-refractivity contribution is -0.132. The van der Waals surface area contributed by atoms with E-state index in [1.54, 1.807) is 72.8 Å². The number of anilines is 1. The third-order valence-electron chi connectivity index (χ3n) is 5.10. The number of aliphatic hydroxyl groups is 1. The molecule has 0 bridgehead atoms. The molecule has 0 saturated carbocycles. The van der Waals surface area contributed by atoms with Crippen LogP contribution in [-0.4, -0.2) is 23.4 Å². The molecule has 1 amide bonds. The highest BCUT2D eigenvalue weighted by Gasteiger charge is 2.46. The summed E-state index contributed by atoms with van der Waals surface area (Å²) in [5.74, 6) is -1.00. The van der Waals surface area contributed by atoms with E-state index in [1.807, 2.05) is 13.0 Å². The van der Waals surface area contributed by atoms with Crippen molar-refractivity contribution in [2.75, 3.05) is 11.5 Å². The number of hydrogen-bond donors (Lipinski definition) is 1. The van der Waals surface area contributed by atoms with E-state index in [0.29, 0.717) is 34.2 Å². The van der Waals surface area contributed by atoms with E-state index in [0.717, 1.165) is 0 Å². The minimum Gasteiger partial charge on any atom is -0.507 e. The van der Waals surface area contributed by atoms with Crippen LogP contribution < -0.4 is 9.64 Å². The van der Waals surface area contributed by atoms with E-state index in [1.165, 1.54) is 4.90 Å². The van der Waals surface area contributed by atoms with E-state index in [9.17, 15) is 14.7 Å². The second-order valence-corrected chi connectivity index (χ2v) is 7.45. The molecular weight excluding hydrogens is 414 g/mol. The molecular formula is C25H20ClNO4. The Morgan fingerprint density at radius 3 is 2.23 bits per heavy atom. The van der Waals surface area contributed by atoms with Crippen molar-refractivity contribution in [3.8, 4) is 5.75 Å². The summed E-state index contributed by atoms with van der Waals surface area (Å²) in [7, 11) is 0. The van der Waals surface area contributed by atoms with Crippen LogP contribution in [0.4, 0.5) is 5.69 Å². The first kappa shape index (κ1) is 20.7. The third-order valence-corrected chi connectivity index (χ3v) is 5.36. The van der Waals surface area contributed by atoms with Gasteiger partial charge in [-0.2, -0.15) is 0 Å². The van der Waals surface area contributed by atoms with Gasteiger partial charge in [-0.15, -0.1) is 0 Å². The normalized spacial score (nSPS) is 17.7. The lowest BCUT2D eigenvalue weighted by atomic mass is 9.95. The zero-order chi connectivity index (χ0) is 22.0. The standard InChI is InChI=1S/C25H20ClNO4/c1-2-31-20-14-12-19(13-15-20)27-22(16-8-10-18(26)11-9-16)21(24(29)25(27)30)23(28)17-6-4-3-5-7-17/h3-15,22,28H,2H2,1H3. The average molecular weight is 434 g/mol. The van der Waals surface area contributed by atoms with Crippen LogP contribution in [0.25, 0.3) is 5.76 Å². The predicted octanol–water partition coefficient (Wildman–Crippen LogP) is 5.37. The fourth-order valence-electron chi connectivity index (χ4n) is 3.68. The van der Waals surface area contributed by atoms with Crippen LogP contribution >= 0.6 is 11.6 Å². The monoisotopic (exact) mass is 433 g/mol. The van der Waals surface area contributed by atoms with Crippen molar-refractivity contribution in [2.45, 2.75) is 13.0 Å². The van der Waals surface area contributed by atoms with E-state index >= 15 is 0 Å². The van der Waals surface area contributed by atoms with Crippen LogP contribution in [-0.2, 0) is 9.59 Å². The maximum Gasteiger partial charge on any atom is 0.300 e. The summed E-state index contributed by atoms with van der Waals surface area (Å²) in [6.45, 7) is 2.41. The molecule has 1 unspecified atom stereocenters. The number of ether oxygens (including phenoxy) is 1. The number of hydrogen-bond acceptors (Lipinski definition) is 4. The lowest BCUT2D eigenvalue weighted by Gasteiger charge is -2.25. The van der Waals surface area contributed by atoms with E-state index in [2.05, 4.69) is 0 Å². The molecule has 1 heterocycles. The fourth-order valence-corrected chi connectivity index (χ4v) is 3.81. The van der Waals surface area contributed by atoms with Crippen molar-refractivity contribution in [2.24, 2.45) is 0 Å². The lowest BCUT2D eigenvalue weighted by Crippen LogP contribution is -2.29. The molecule has 4 rings (SSSR count). The first-order chi connectivity index (χ1) is 15.0. The van der Waals surface area contributed by atoms with Gasteiger partial charge in [0, 0.05) is 16.3 Å². The molecule has 0 aromatic heterocycles. The molecule has 0 spiro atoms. The second kappa shape index (κ2) is 8.66. The van der Waals surface area contributed by atoms with Crippen LogP contribution in [0.5, 0.6) is 5.75 Å². The number of aliphatic hydroxyl groups excluding tert-OH is 1. The van der Waals surface area contributed by atoms with Gasteiger partial charge in [0.1, 0.15) is 11.5 Å². The Bertz CT molecular complexity index is 1140. The van der Waals surface area contributed by atoms with Gasteiger partial charge >= 0.3 is 0 Å². The molecule has 1 saturated heterocycles. The van der Waals surface area contributed by atoms with Crippen molar-refractivity contribution in [3.05, 3.63) is 101 Å². The maximum atomic E-state index is 13.1. The molecule has 0 radical (unpaired) electrons. The van der Waals surface area contributed by atoms with Crippen LogP contribution in [0.2, 0.25) is 5.02 Å². The molecule has 156 valence electrons. The number of benzene rings is 3. The van der Waals surface area contributed by atoms with E-state index in [-0.39, 0.29) is 11.3 Å². The van der Waals surface area contributed by atoms with Crippen molar-refractivity contribution >= 4 is 34.7 Å². The molecule has 3 aromatic rings. The largest absolute Gasteiger partial charge is 0.507 e. The SMILES string of the molecule is CCOc1ccc(N2C(=O)C(=O)C(=C(O)c3ccccc3)C2c2ccc(Cl)cc2)cc1. The summed E-state index contributed by atoms with van der Waals surface area (Å²) >= 11 is 6.05. The van der Waals surface area contributed by atoms with Crippen LogP contribution in [0.1, 0.15) is 24.1 Å². The first-order valence-corrected chi connectivity index (χ1v) is 10.2. The molecule has 1 fully saturated rings. The molecule has 1 N–H and O–H groups in total. The average Bonchev–Trinajstić information content (AvgIpc) is 3.06. The van der Waals surface area contributed by atoms with Gasteiger partial charge in [-0.25, -0.2) is 0 Å². The van der Waals surface area contributed by atoms with E-state index in [4.69, 9.17) is 16.3 Å². The second-order valence-electron chi connectivity index (χ2n) is 7.01. The number of Topliss-reactive ketones (excluding diaryl/α,β-unsaturated/α-hetero) is 1. The smallest absolute Gasteiger partial charge is 0.300 e. The Morgan fingerprint density at radius 2 is 1.61 bits per heavy atom. The summed E-state index contributed by atoms with van der Waals surface area (Å²) in [6.07, 6.45) is 0. The molecule has 0 aliphatic carbocycles. The summed E-state index contributed by atoms with van der Waals surface area (Å²) in [5.41, 5.74) is 1.69. The Morgan fingerprint density at radius 1 is 0.968 bits per heavy atom. The zero-order valence-corrected chi connectivity index (χ0v) is 17.5. The van der Waals surface area contributed by atoms with Gasteiger partial charge < -0.3 is 9.84 Å². The number of carbonyl (C=O) groups is 2. The van der Waals surface area contributed by atoms with Crippen molar-refractivity contribution in [1.29, 1.82) is 0 Å². The first-order valence-electron chi connectivity index (χ1n) is 9.86. The summed E-state index contributed by atoms with van der Waals surface area (Å²) < 4.78 is 5.48. The highest BCUT2D eigenvalue weighted by Crippen LogP contribution is 2.42. The fraction of sp³-hybridized carbons (Fsp3) is 0.120. The maximum absolute atomic E-state index is 13.1. The molecule has 31 heavy (non-hydrogen) atoms. The summed E-state index contributed by atoms with van der Waals surface area (Å²) in [4.78, 5) is 27.5. The summed E-state index contributed by atoms with van der Waals surface area (Å²) in [6, 6.07) is 21.7. The van der Waals surface area contributed by atoms with Crippen molar-refractivity contribution in [3.63, 3.8) is 0 Å². The Hall–Kier alpha value is -3.57. The van der Waals surface area contributed by atoms with E-state index < -0.39 is 17.7 Å². The van der Waals surface area contributed by atoms with Crippen LogP contribution in [0.3, 0.4) is 0 Å². The van der Waals surface area contributed by atoms with Gasteiger partial charge in [-0.3, -0.25) is 14.5 Å². The number of ketones is 1. The van der Waals surface area contributed by atoms with Crippen molar-refractivity contribution < 1.29 is 19.4 Å². The minimum atomic E-state index is -0.796. The van der Waals surface area contributed by atoms with Gasteiger partial charge in [0.25, 0.3) is 11.7 Å². The third kappa shape index (κ3) is 3.92. The quantitative estimate of drug-likeness (QED) is 0.334. The molecule has 1 aliphatic rings. The topological polar surface area (TPSA) is 66.8 Å². The number of carbonyl (C=O) groups excluding carboxylic acids is 2. The molecule has 3 aromatic carbocycles. The molecule has 1 aliphatic heterocycles. The highest BCUT2D eigenvalue weighted by molar-refractivity contribution is 6.51. The summed E-state index contributed by atoms with van der Waals surface area (Å²) in [5, 5.41) is 11.5. The Balaban J connectivity index is 1.88. The van der Waals surface area contributed by atoms with Gasteiger partial charge in [0.05, 0.1) is 18.2 Å². The number of amides is 1. The van der Waals surface area contributed by atoms with Crippen molar-refractivity contribution in [1.82, 2.24) is 0 Å². The molecule has 1 atom stereocenters. The van der Waals surface area contributed by atoms with Crippen LogP contribution in [0.15, 0.2) is 84.4 Å². The number of nitrogens with zero attached hydrogens (tertiary/aromatic N) is 1. The Kier molecular flexibility index (Phi) is 5.78. The van der Waals surface area contributed by atoms with Gasteiger partial charge in [0.2, 0.25) is 0 Å². The predicted molar refractivity (Wildman–Crippen MR) is 120 cm³/mol.